The van der Waals surface area contributed by atoms with E-state index in [0.717, 1.165) is 22.5 Å². The standard InChI is InChI=1S/C16H22N4O3S2/c1-10-8-6-7-9-12(10)11(2)20-25(22,23)15-19-18-14(24-15)17-13(21)16(3,4)5/h6-9,11,20H,1-5H3,(H,17,18,21)/t11-/m1/s1. The summed E-state index contributed by atoms with van der Waals surface area (Å²) in [6, 6.07) is 7.14. The number of sulfonamides is 1. The number of aromatic nitrogens is 2. The van der Waals surface area contributed by atoms with Crippen LogP contribution in [0, 0.1) is 12.3 Å². The number of hydrogen-bond donors (Lipinski definition) is 2. The first-order chi connectivity index (χ1) is 11.5. The Balaban J connectivity index is 2.15. The summed E-state index contributed by atoms with van der Waals surface area (Å²) in [6.07, 6.45) is 0. The van der Waals surface area contributed by atoms with Gasteiger partial charge in [0.25, 0.3) is 10.0 Å². The molecule has 0 aliphatic heterocycles. The molecule has 0 aliphatic carbocycles. The first-order valence-corrected chi connectivity index (χ1v) is 10.0. The van der Waals surface area contributed by atoms with Gasteiger partial charge in [-0.1, -0.05) is 56.4 Å². The van der Waals surface area contributed by atoms with Crippen LogP contribution in [0.3, 0.4) is 0 Å². The molecule has 0 bridgehead atoms. The van der Waals surface area contributed by atoms with Crippen molar-refractivity contribution in [3.05, 3.63) is 35.4 Å². The first kappa shape index (κ1) is 19.5. The van der Waals surface area contributed by atoms with Gasteiger partial charge in [0.2, 0.25) is 15.4 Å². The van der Waals surface area contributed by atoms with E-state index < -0.39 is 21.5 Å². The van der Waals surface area contributed by atoms with E-state index in [4.69, 9.17) is 0 Å². The molecular formula is C16H22N4O3S2. The lowest BCUT2D eigenvalue weighted by atomic mass is 9.96. The molecule has 1 aromatic carbocycles. The molecule has 2 rings (SSSR count). The number of carbonyl (C=O) groups is 1. The fraction of sp³-hybridized carbons (Fsp3) is 0.438. The van der Waals surface area contributed by atoms with Gasteiger partial charge in [-0.05, 0) is 25.0 Å². The molecule has 2 aromatic rings. The van der Waals surface area contributed by atoms with E-state index in [1.54, 1.807) is 27.7 Å². The SMILES string of the molecule is Cc1ccccc1[C@@H](C)NS(=O)(=O)c1nnc(NC(=O)C(C)(C)C)s1. The Kier molecular flexibility index (Phi) is 5.60. The summed E-state index contributed by atoms with van der Waals surface area (Å²) in [5, 5.41) is 10.2. The van der Waals surface area contributed by atoms with E-state index in [-0.39, 0.29) is 15.4 Å². The fourth-order valence-corrected chi connectivity index (χ4v) is 4.21. The molecule has 1 heterocycles. The van der Waals surface area contributed by atoms with E-state index in [9.17, 15) is 13.2 Å². The third-order valence-corrected chi connectivity index (χ3v) is 6.27. The smallest absolute Gasteiger partial charge is 0.270 e. The van der Waals surface area contributed by atoms with Gasteiger partial charge in [0.1, 0.15) is 0 Å². The molecule has 136 valence electrons. The summed E-state index contributed by atoms with van der Waals surface area (Å²) in [6.45, 7) is 8.96. The molecule has 1 aromatic heterocycles. The quantitative estimate of drug-likeness (QED) is 0.774. The van der Waals surface area contributed by atoms with Crippen molar-refractivity contribution in [1.82, 2.24) is 14.9 Å². The second-order valence-corrected chi connectivity index (χ2v) is 9.64. The predicted molar refractivity (Wildman–Crippen MR) is 97.9 cm³/mol. The fourth-order valence-electron chi connectivity index (χ4n) is 2.07. The maximum atomic E-state index is 12.5. The zero-order chi connectivity index (χ0) is 18.8. The predicted octanol–water partition coefficient (Wildman–Crippen LogP) is 2.87. The monoisotopic (exact) mass is 382 g/mol. The minimum Gasteiger partial charge on any atom is -0.300 e. The van der Waals surface area contributed by atoms with Crippen molar-refractivity contribution in [2.24, 2.45) is 5.41 Å². The molecule has 1 amide bonds. The van der Waals surface area contributed by atoms with Gasteiger partial charge in [-0.15, -0.1) is 10.2 Å². The Hall–Kier alpha value is -1.84. The van der Waals surface area contributed by atoms with Crippen LogP contribution in [0.1, 0.15) is 44.9 Å². The van der Waals surface area contributed by atoms with Gasteiger partial charge in [-0.25, -0.2) is 13.1 Å². The van der Waals surface area contributed by atoms with Crippen molar-refractivity contribution in [2.45, 2.75) is 45.0 Å². The van der Waals surface area contributed by atoms with Gasteiger partial charge in [0.05, 0.1) is 0 Å². The van der Waals surface area contributed by atoms with E-state index in [0.29, 0.717) is 0 Å². The molecule has 0 fully saturated rings. The first-order valence-electron chi connectivity index (χ1n) is 7.73. The zero-order valence-corrected chi connectivity index (χ0v) is 16.5. The van der Waals surface area contributed by atoms with Crippen LogP contribution in [0.2, 0.25) is 0 Å². The van der Waals surface area contributed by atoms with Gasteiger partial charge in [-0.2, -0.15) is 0 Å². The third kappa shape index (κ3) is 4.83. The molecule has 7 nitrogen and oxygen atoms in total. The van der Waals surface area contributed by atoms with Crippen molar-refractivity contribution in [3.8, 4) is 0 Å². The number of amides is 1. The summed E-state index contributed by atoms with van der Waals surface area (Å²) in [4.78, 5) is 12.0. The van der Waals surface area contributed by atoms with Crippen LogP contribution < -0.4 is 10.0 Å². The number of benzene rings is 1. The Morgan fingerprint density at radius 3 is 2.44 bits per heavy atom. The van der Waals surface area contributed by atoms with Gasteiger partial charge < -0.3 is 5.32 Å². The van der Waals surface area contributed by atoms with Crippen LogP contribution in [0.5, 0.6) is 0 Å². The molecule has 0 saturated carbocycles. The highest BCUT2D eigenvalue weighted by molar-refractivity contribution is 7.91. The Labute approximate surface area is 151 Å². The van der Waals surface area contributed by atoms with Gasteiger partial charge >= 0.3 is 0 Å². The number of carbonyl (C=O) groups excluding carboxylic acids is 1. The molecule has 0 aliphatic rings. The maximum Gasteiger partial charge on any atom is 0.270 e. The van der Waals surface area contributed by atoms with Crippen molar-refractivity contribution in [3.63, 3.8) is 0 Å². The maximum absolute atomic E-state index is 12.5. The van der Waals surface area contributed by atoms with Crippen LogP contribution in [-0.2, 0) is 14.8 Å². The molecule has 0 saturated heterocycles. The van der Waals surface area contributed by atoms with Crippen molar-refractivity contribution < 1.29 is 13.2 Å². The summed E-state index contributed by atoms with van der Waals surface area (Å²) in [5.74, 6) is -0.256. The summed E-state index contributed by atoms with van der Waals surface area (Å²) in [7, 11) is -3.83. The lowest BCUT2D eigenvalue weighted by Crippen LogP contribution is -2.27. The lowest BCUT2D eigenvalue weighted by molar-refractivity contribution is -0.123. The van der Waals surface area contributed by atoms with Crippen molar-refractivity contribution in [1.29, 1.82) is 0 Å². The van der Waals surface area contributed by atoms with Crippen molar-refractivity contribution in [2.75, 3.05) is 5.32 Å². The highest BCUT2D eigenvalue weighted by atomic mass is 32.2. The number of hydrogen-bond acceptors (Lipinski definition) is 6. The second kappa shape index (κ2) is 7.19. The molecule has 0 unspecified atom stereocenters. The Morgan fingerprint density at radius 1 is 1.20 bits per heavy atom. The van der Waals surface area contributed by atoms with Crippen LogP contribution in [0.4, 0.5) is 5.13 Å². The van der Waals surface area contributed by atoms with E-state index >= 15 is 0 Å². The number of aryl methyl sites for hydroxylation is 1. The molecule has 0 spiro atoms. The molecule has 25 heavy (non-hydrogen) atoms. The highest BCUT2D eigenvalue weighted by Gasteiger charge is 2.26. The second-order valence-electron chi connectivity index (χ2n) is 6.78. The summed E-state index contributed by atoms with van der Waals surface area (Å²) >= 11 is 0.821. The van der Waals surface area contributed by atoms with Crippen LogP contribution in [-0.4, -0.2) is 24.5 Å². The third-order valence-electron chi connectivity index (χ3n) is 3.52. The highest BCUT2D eigenvalue weighted by Crippen LogP contribution is 2.25. The number of anilines is 1. The van der Waals surface area contributed by atoms with Gasteiger partial charge in [-0.3, -0.25) is 4.79 Å². The molecular weight excluding hydrogens is 360 g/mol. The van der Waals surface area contributed by atoms with E-state index in [1.165, 1.54) is 0 Å². The summed E-state index contributed by atoms with van der Waals surface area (Å²) < 4.78 is 27.4. The van der Waals surface area contributed by atoms with Crippen molar-refractivity contribution >= 4 is 32.4 Å². The van der Waals surface area contributed by atoms with Crippen LogP contribution >= 0.6 is 11.3 Å². The average molecular weight is 383 g/mol. The minimum atomic E-state index is -3.83. The Morgan fingerprint density at radius 2 is 1.84 bits per heavy atom. The van der Waals surface area contributed by atoms with Gasteiger partial charge in [0, 0.05) is 11.5 Å². The average Bonchev–Trinajstić information content (AvgIpc) is 2.95. The number of rotatable bonds is 5. The molecule has 9 heteroatoms. The number of nitrogens with one attached hydrogen (secondary N) is 2. The van der Waals surface area contributed by atoms with E-state index in [1.807, 2.05) is 31.2 Å². The summed E-state index contributed by atoms with van der Waals surface area (Å²) in [5.41, 5.74) is 1.27. The normalized spacial score (nSPS) is 13.5. The molecule has 0 radical (unpaired) electrons. The molecule has 2 N–H and O–H groups in total. The largest absolute Gasteiger partial charge is 0.300 e. The van der Waals surface area contributed by atoms with Crippen LogP contribution in [0.25, 0.3) is 0 Å². The Bertz CT molecular complexity index is 870. The topological polar surface area (TPSA) is 101 Å². The zero-order valence-electron chi connectivity index (χ0n) is 14.8. The molecule has 1 atom stereocenters. The van der Waals surface area contributed by atoms with E-state index in [2.05, 4.69) is 20.2 Å². The lowest BCUT2D eigenvalue weighted by Gasteiger charge is -2.16. The van der Waals surface area contributed by atoms with Crippen LogP contribution in [0.15, 0.2) is 28.6 Å². The number of nitrogens with zero attached hydrogens (tertiary/aromatic N) is 2. The minimum absolute atomic E-state index is 0.156. The van der Waals surface area contributed by atoms with Gasteiger partial charge in [0.15, 0.2) is 0 Å².